The van der Waals surface area contributed by atoms with Gasteiger partial charge in [-0.3, -0.25) is 4.79 Å². The lowest BCUT2D eigenvalue weighted by Gasteiger charge is -2.04. The Kier molecular flexibility index (Phi) is 5.24. The average molecular weight is 431 g/mol. The molecule has 0 saturated carbocycles. The zero-order valence-electron chi connectivity index (χ0n) is 15.6. The minimum atomic E-state index is -4.71. The second-order valence-electron chi connectivity index (χ2n) is 6.42. The van der Waals surface area contributed by atoms with Crippen LogP contribution < -0.4 is 5.32 Å². The molecule has 7 nitrogen and oxygen atoms in total. The van der Waals surface area contributed by atoms with E-state index in [1.807, 2.05) is 0 Å². The molecule has 0 radical (unpaired) electrons. The molecule has 0 atom stereocenters. The summed E-state index contributed by atoms with van der Waals surface area (Å²) in [5.74, 6) is -2.76. The highest BCUT2D eigenvalue weighted by atomic mass is 19.4. The lowest BCUT2D eigenvalue weighted by atomic mass is 10.2. The summed E-state index contributed by atoms with van der Waals surface area (Å²) in [7, 11) is 0. The van der Waals surface area contributed by atoms with Crippen molar-refractivity contribution in [2.24, 2.45) is 0 Å². The van der Waals surface area contributed by atoms with Crippen LogP contribution in [-0.4, -0.2) is 25.8 Å². The largest absolute Gasteiger partial charge is 0.471 e. The van der Waals surface area contributed by atoms with Gasteiger partial charge in [0.2, 0.25) is 5.82 Å². The summed E-state index contributed by atoms with van der Waals surface area (Å²) in [6, 6.07) is 11.9. The smallest absolute Gasteiger partial charge is 0.348 e. The van der Waals surface area contributed by atoms with Crippen molar-refractivity contribution in [1.29, 1.82) is 0 Å². The van der Waals surface area contributed by atoms with Crippen LogP contribution in [0.4, 0.5) is 17.6 Å². The highest BCUT2D eigenvalue weighted by Gasteiger charge is 2.38. The molecular weight excluding hydrogens is 418 g/mol. The molecule has 4 rings (SSSR count). The van der Waals surface area contributed by atoms with E-state index in [0.717, 1.165) is 0 Å². The van der Waals surface area contributed by atoms with E-state index >= 15 is 0 Å². The van der Waals surface area contributed by atoms with E-state index in [9.17, 15) is 22.4 Å². The molecule has 158 valence electrons. The average Bonchev–Trinajstić information content (AvgIpc) is 3.42. The van der Waals surface area contributed by atoms with E-state index in [-0.39, 0.29) is 17.9 Å². The molecule has 0 fully saturated rings. The Morgan fingerprint density at radius 3 is 2.52 bits per heavy atom. The number of rotatable bonds is 5. The van der Waals surface area contributed by atoms with E-state index in [1.165, 1.54) is 41.2 Å². The predicted molar refractivity (Wildman–Crippen MR) is 99.4 cm³/mol. The molecule has 0 saturated heterocycles. The lowest BCUT2D eigenvalue weighted by molar-refractivity contribution is -0.159. The number of carbonyl (C=O) groups excluding carboxylic acids is 1. The van der Waals surface area contributed by atoms with Gasteiger partial charge in [0.25, 0.3) is 5.91 Å². The number of aromatic nitrogens is 4. The molecule has 0 bridgehead atoms. The summed E-state index contributed by atoms with van der Waals surface area (Å²) in [6.45, 7) is 0.133. The van der Waals surface area contributed by atoms with Crippen molar-refractivity contribution >= 4 is 5.91 Å². The van der Waals surface area contributed by atoms with E-state index < -0.39 is 23.8 Å². The molecule has 1 N–H and O–H groups in total. The van der Waals surface area contributed by atoms with Crippen LogP contribution in [0.2, 0.25) is 0 Å². The van der Waals surface area contributed by atoms with Gasteiger partial charge in [-0.05, 0) is 36.4 Å². The number of carbonyl (C=O) groups is 1. The van der Waals surface area contributed by atoms with E-state index in [0.29, 0.717) is 16.8 Å². The molecule has 2 aromatic carbocycles. The second kappa shape index (κ2) is 8.01. The van der Waals surface area contributed by atoms with Crippen LogP contribution in [0.3, 0.4) is 0 Å². The number of benzene rings is 2. The standard InChI is InChI=1S/C20H13F4N5O2/c21-16-4-2-1-3-15(16)18(30)25-9-12-10-26-29(11-12)14-7-5-13(6-8-14)17-27-19(31-28-17)20(22,23)24/h1-8,10-11H,9H2,(H,25,30). The Morgan fingerprint density at radius 1 is 1.10 bits per heavy atom. The number of hydrogen-bond acceptors (Lipinski definition) is 5. The first-order valence-electron chi connectivity index (χ1n) is 8.89. The van der Waals surface area contributed by atoms with Gasteiger partial charge in [-0.15, -0.1) is 0 Å². The van der Waals surface area contributed by atoms with Crippen molar-refractivity contribution in [1.82, 2.24) is 25.2 Å². The van der Waals surface area contributed by atoms with Crippen LogP contribution >= 0.6 is 0 Å². The van der Waals surface area contributed by atoms with Crippen molar-refractivity contribution in [3.8, 4) is 17.1 Å². The van der Waals surface area contributed by atoms with Crippen molar-refractivity contribution < 1.29 is 26.9 Å². The van der Waals surface area contributed by atoms with Crippen LogP contribution in [0.1, 0.15) is 21.8 Å². The maximum absolute atomic E-state index is 13.7. The number of hydrogen-bond donors (Lipinski definition) is 1. The Balaban J connectivity index is 1.42. The van der Waals surface area contributed by atoms with Crippen molar-refractivity contribution in [3.63, 3.8) is 0 Å². The number of alkyl halides is 3. The van der Waals surface area contributed by atoms with Gasteiger partial charge in [-0.1, -0.05) is 17.3 Å². The Morgan fingerprint density at radius 2 is 1.84 bits per heavy atom. The first kappa shape index (κ1) is 20.3. The zero-order valence-corrected chi connectivity index (χ0v) is 15.6. The first-order valence-corrected chi connectivity index (χ1v) is 8.89. The molecule has 4 aromatic rings. The molecular formula is C20H13F4N5O2. The quantitative estimate of drug-likeness (QED) is 0.483. The fourth-order valence-electron chi connectivity index (χ4n) is 2.73. The molecule has 1 amide bonds. The fourth-order valence-corrected chi connectivity index (χ4v) is 2.73. The monoisotopic (exact) mass is 431 g/mol. The molecule has 11 heteroatoms. The van der Waals surface area contributed by atoms with Gasteiger partial charge in [0.15, 0.2) is 0 Å². The minimum Gasteiger partial charge on any atom is -0.348 e. The minimum absolute atomic E-state index is 0.0550. The fraction of sp³-hybridized carbons (Fsp3) is 0.100. The maximum Gasteiger partial charge on any atom is 0.471 e. The van der Waals surface area contributed by atoms with Gasteiger partial charge in [-0.25, -0.2) is 9.07 Å². The summed E-state index contributed by atoms with van der Waals surface area (Å²) in [6.07, 6.45) is -1.52. The van der Waals surface area contributed by atoms with E-state index in [1.54, 1.807) is 24.4 Å². The lowest BCUT2D eigenvalue weighted by Crippen LogP contribution is -2.23. The molecule has 0 spiro atoms. The third kappa shape index (κ3) is 4.44. The van der Waals surface area contributed by atoms with Crippen LogP contribution in [0.5, 0.6) is 0 Å². The third-order valence-electron chi connectivity index (χ3n) is 4.27. The van der Waals surface area contributed by atoms with Gasteiger partial charge in [0.1, 0.15) is 5.82 Å². The van der Waals surface area contributed by atoms with Crippen molar-refractivity contribution in [2.45, 2.75) is 12.7 Å². The summed E-state index contributed by atoms with van der Waals surface area (Å²) in [4.78, 5) is 15.4. The second-order valence-corrected chi connectivity index (χ2v) is 6.42. The Labute approximate surface area is 172 Å². The van der Waals surface area contributed by atoms with E-state index in [4.69, 9.17) is 0 Å². The Bertz CT molecular complexity index is 1210. The van der Waals surface area contributed by atoms with Gasteiger partial charge in [-0.2, -0.15) is 23.3 Å². The van der Waals surface area contributed by atoms with Crippen LogP contribution in [0.15, 0.2) is 65.4 Å². The SMILES string of the molecule is O=C(NCc1cnn(-c2ccc(-c3noc(C(F)(F)F)n3)cc2)c1)c1ccccc1F. The molecule has 0 aliphatic heterocycles. The first-order chi connectivity index (χ1) is 14.8. The predicted octanol–water partition coefficient (Wildman–Crippen LogP) is 4.01. The summed E-state index contributed by atoms with van der Waals surface area (Å²) in [5.41, 5.74) is 1.57. The molecule has 0 aliphatic carbocycles. The number of nitrogens with zero attached hydrogens (tertiary/aromatic N) is 4. The molecule has 0 aliphatic rings. The summed E-state index contributed by atoms with van der Waals surface area (Å²) in [5, 5.41) is 10.1. The van der Waals surface area contributed by atoms with Crippen LogP contribution in [0, 0.1) is 5.82 Å². The number of nitrogens with one attached hydrogen (secondary N) is 1. The van der Waals surface area contributed by atoms with Gasteiger partial charge in [0, 0.05) is 23.9 Å². The van der Waals surface area contributed by atoms with Gasteiger partial charge >= 0.3 is 12.1 Å². The van der Waals surface area contributed by atoms with Gasteiger partial charge < -0.3 is 9.84 Å². The van der Waals surface area contributed by atoms with E-state index in [2.05, 4.69) is 25.1 Å². The molecule has 2 heterocycles. The molecule has 0 unspecified atom stereocenters. The zero-order chi connectivity index (χ0) is 22.0. The molecule has 31 heavy (non-hydrogen) atoms. The van der Waals surface area contributed by atoms with Crippen LogP contribution in [0.25, 0.3) is 17.1 Å². The van der Waals surface area contributed by atoms with Crippen LogP contribution in [-0.2, 0) is 12.7 Å². The number of amides is 1. The highest BCUT2D eigenvalue weighted by Crippen LogP contribution is 2.29. The summed E-state index contributed by atoms with van der Waals surface area (Å²) < 4.78 is 57.1. The third-order valence-corrected chi connectivity index (χ3v) is 4.27. The maximum atomic E-state index is 13.7. The highest BCUT2D eigenvalue weighted by molar-refractivity contribution is 5.94. The Hall–Kier alpha value is -4.02. The van der Waals surface area contributed by atoms with Crippen molar-refractivity contribution in [2.75, 3.05) is 0 Å². The number of halogens is 4. The normalized spacial score (nSPS) is 11.5. The van der Waals surface area contributed by atoms with Crippen molar-refractivity contribution in [3.05, 3.63) is 83.8 Å². The van der Waals surface area contributed by atoms with Gasteiger partial charge in [0.05, 0.1) is 17.4 Å². The topological polar surface area (TPSA) is 85.8 Å². The summed E-state index contributed by atoms with van der Waals surface area (Å²) >= 11 is 0. The molecule has 2 aromatic heterocycles.